The summed E-state index contributed by atoms with van der Waals surface area (Å²) in [6.07, 6.45) is 1.08. The van der Waals surface area contributed by atoms with E-state index in [-0.39, 0.29) is 24.9 Å². The van der Waals surface area contributed by atoms with Crippen molar-refractivity contribution in [2.75, 3.05) is 19.8 Å². The third kappa shape index (κ3) is 3.98. The fourth-order valence-corrected chi connectivity index (χ4v) is 1.86. The van der Waals surface area contributed by atoms with E-state index in [9.17, 15) is 14.7 Å². The van der Waals surface area contributed by atoms with Crippen LogP contribution in [0.2, 0.25) is 0 Å². The van der Waals surface area contributed by atoms with E-state index in [1.807, 2.05) is 0 Å². The normalized spacial score (nSPS) is 20.6. The zero-order valence-corrected chi connectivity index (χ0v) is 10.1. The van der Waals surface area contributed by atoms with E-state index in [0.29, 0.717) is 26.1 Å². The first kappa shape index (κ1) is 13.9. The lowest BCUT2D eigenvalue weighted by Gasteiger charge is -2.33. The number of amides is 1. The van der Waals surface area contributed by atoms with Crippen LogP contribution in [0.25, 0.3) is 0 Å². The smallest absolute Gasteiger partial charge is 0.311 e. The van der Waals surface area contributed by atoms with Crippen molar-refractivity contribution in [1.29, 1.82) is 0 Å². The zero-order chi connectivity index (χ0) is 12.9. The van der Waals surface area contributed by atoms with Crippen LogP contribution in [0.15, 0.2) is 0 Å². The molecule has 6 heteroatoms. The lowest BCUT2D eigenvalue weighted by atomic mass is 9.80. The summed E-state index contributed by atoms with van der Waals surface area (Å²) in [5.74, 6) is -1.07. The molecule has 0 saturated carbocycles. The molecule has 17 heavy (non-hydrogen) atoms. The second-order valence-electron chi connectivity index (χ2n) is 4.66. The van der Waals surface area contributed by atoms with Gasteiger partial charge in [0.1, 0.15) is 0 Å². The number of hydrogen-bond acceptors (Lipinski definition) is 4. The number of rotatable bonds is 5. The Labute approximate surface area is 101 Å². The second kappa shape index (κ2) is 5.97. The number of nitrogens with two attached hydrogens (primary N) is 1. The number of nitrogens with one attached hydrogen (secondary N) is 1. The van der Waals surface area contributed by atoms with Gasteiger partial charge in [-0.15, -0.1) is 0 Å². The van der Waals surface area contributed by atoms with Crippen molar-refractivity contribution in [3.05, 3.63) is 0 Å². The number of carbonyl (C=O) groups excluding carboxylic acids is 1. The molecule has 0 spiro atoms. The number of carbonyl (C=O) groups is 2. The molecular weight excluding hydrogens is 224 g/mol. The molecule has 1 aliphatic rings. The van der Waals surface area contributed by atoms with Crippen LogP contribution in [0.5, 0.6) is 0 Å². The van der Waals surface area contributed by atoms with Crippen LogP contribution in [-0.2, 0) is 14.3 Å². The van der Waals surface area contributed by atoms with Crippen LogP contribution in [0, 0.1) is 5.41 Å². The Bertz CT molecular complexity index is 285. The lowest BCUT2D eigenvalue weighted by molar-refractivity contribution is -0.154. The lowest BCUT2D eigenvalue weighted by Crippen LogP contribution is -2.47. The molecule has 0 bridgehead atoms. The molecular formula is C11H20N2O4. The van der Waals surface area contributed by atoms with E-state index in [0.717, 1.165) is 0 Å². The van der Waals surface area contributed by atoms with Gasteiger partial charge in [-0.05, 0) is 19.8 Å². The van der Waals surface area contributed by atoms with E-state index in [1.54, 1.807) is 6.92 Å². The predicted octanol–water partition coefficient (Wildman–Crippen LogP) is -0.279. The SMILES string of the molecule is CC(N)CC(=O)NCC1(C(=O)O)CCOCC1. The maximum Gasteiger partial charge on any atom is 0.311 e. The molecule has 1 atom stereocenters. The van der Waals surface area contributed by atoms with Crippen molar-refractivity contribution in [3.63, 3.8) is 0 Å². The Kier molecular flexibility index (Phi) is 4.89. The minimum atomic E-state index is -0.883. The summed E-state index contributed by atoms with van der Waals surface area (Å²) in [6, 6.07) is -0.217. The van der Waals surface area contributed by atoms with Gasteiger partial charge in [0.2, 0.25) is 5.91 Å². The van der Waals surface area contributed by atoms with Crippen LogP contribution in [0.4, 0.5) is 0 Å². The summed E-state index contributed by atoms with van der Waals surface area (Å²) >= 11 is 0. The van der Waals surface area contributed by atoms with E-state index in [1.165, 1.54) is 0 Å². The molecule has 6 nitrogen and oxygen atoms in total. The van der Waals surface area contributed by atoms with Crippen molar-refractivity contribution in [1.82, 2.24) is 5.32 Å². The third-order valence-electron chi connectivity index (χ3n) is 3.03. The second-order valence-corrected chi connectivity index (χ2v) is 4.66. The summed E-state index contributed by atoms with van der Waals surface area (Å²) in [6.45, 7) is 2.74. The molecule has 1 rings (SSSR count). The van der Waals surface area contributed by atoms with Crippen molar-refractivity contribution >= 4 is 11.9 Å². The molecule has 4 N–H and O–H groups in total. The molecule has 0 aliphatic carbocycles. The Morgan fingerprint density at radius 1 is 1.47 bits per heavy atom. The van der Waals surface area contributed by atoms with Gasteiger partial charge in [0, 0.05) is 32.2 Å². The first-order chi connectivity index (χ1) is 7.96. The molecule has 0 radical (unpaired) electrons. The quantitative estimate of drug-likeness (QED) is 0.617. The fourth-order valence-electron chi connectivity index (χ4n) is 1.86. The molecule has 1 heterocycles. The average Bonchev–Trinajstić information content (AvgIpc) is 2.26. The van der Waals surface area contributed by atoms with Gasteiger partial charge in [-0.3, -0.25) is 9.59 Å². The summed E-state index contributed by atoms with van der Waals surface area (Å²) in [5, 5.41) is 11.9. The van der Waals surface area contributed by atoms with Gasteiger partial charge in [0.15, 0.2) is 0 Å². The Hall–Kier alpha value is -1.14. The van der Waals surface area contributed by atoms with Crippen LogP contribution >= 0.6 is 0 Å². The van der Waals surface area contributed by atoms with Gasteiger partial charge in [0.05, 0.1) is 5.41 Å². The van der Waals surface area contributed by atoms with Crippen LogP contribution in [0.3, 0.4) is 0 Å². The molecule has 0 aromatic heterocycles. The van der Waals surface area contributed by atoms with E-state index >= 15 is 0 Å². The highest BCUT2D eigenvalue weighted by Gasteiger charge is 2.40. The number of carboxylic acids is 1. The standard InChI is InChI=1S/C11H20N2O4/c1-8(12)6-9(14)13-7-11(10(15)16)2-4-17-5-3-11/h8H,2-7,12H2,1H3,(H,13,14)(H,15,16). The Morgan fingerprint density at radius 3 is 2.53 bits per heavy atom. The molecule has 0 aromatic rings. The van der Waals surface area contributed by atoms with Crippen molar-refractivity contribution in [2.24, 2.45) is 11.1 Å². The number of hydrogen-bond donors (Lipinski definition) is 3. The van der Waals surface area contributed by atoms with Gasteiger partial charge in [-0.2, -0.15) is 0 Å². The van der Waals surface area contributed by atoms with Gasteiger partial charge >= 0.3 is 5.97 Å². The van der Waals surface area contributed by atoms with Crippen molar-refractivity contribution < 1.29 is 19.4 Å². The molecule has 1 saturated heterocycles. The minimum Gasteiger partial charge on any atom is -0.481 e. The van der Waals surface area contributed by atoms with Crippen molar-refractivity contribution in [2.45, 2.75) is 32.2 Å². The van der Waals surface area contributed by atoms with Crippen molar-refractivity contribution in [3.8, 4) is 0 Å². The first-order valence-corrected chi connectivity index (χ1v) is 5.80. The summed E-state index contributed by atoms with van der Waals surface area (Å²) < 4.78 is 5.15. The topological polar surface area (TPSA) is 102 Å². The van der Waals surface area contributed by atoms with E-state index < -0.39 is 11.4 Å². The monoisotopic (exact) mass is 244 g/mol. The maximum absolute atomic E-state index is 11.4. The number of carboxylic acid groups (broad SMARTS) is 1. The fraction of sp³-hybridized carbons (Fsp3) is 0.818. The number of ether oxygens (including phenoxy) is 1. The van der Waals surface area contributed by atoms with Crippen LogP contribution in [0.1, 0.15) is 26.2 Å². The molecule has 98 valence electrons. The summed E-state index contributed by atoms with van der Waals surface area (Å²) in [4.78, 5) is 22.7. The zero-order valence-electron chi connectivity index (χ0n) is 10.1. The Balaban J connectivity index is 2.50. The highest BCUT2D eigenvalue weighted by molar-refractivity contribution is 5.79. The van der Waals surface area contributed by atoms with Crippen LogP contribution in [-0.4, -0.2) is 42.8 Å². The van der Waals surface area contributed by atoms with E-state index in [2.05, 4.69) is 5.32 Å². The average molecular weight is 244 g/mol. The molecule has 1 amide bonds. The number of aliphatic carboxylic acids is 1. The molecule has 1 unspecified atom stereocenters. The first-order valence-electron chi connectivity index (χ1n) is 5.80. The highest BCUT2D eigenvalue weighted by Crippen LogP contribution is 2.30. The molecule has 1 fully saturated rings. The predicted molar refractivity (Wildman–Crippen MR) is 61.4 cm³/mol. The van der Waals surface area contributed by atoms with Gasteiger partial charge in [-0.25, -0.2) is 0 Å². The summed E-state index contributed by atoms with van der Waals surface area (Å²) in [7, 11) is 0. The third-order valence-corrected chi connectivity index (χ3v) is 3.03. The maximum atomic E-state index is 11.4. The molecule has 1 aliphatic heterocycles. The highest BCUT2D eigenvalue weighted by atomic mass is 16.5. The van der Waals surface area contributed by atoms with Gasteiger partial charge < -0.3 is 20.9 Å². The van der Waals surface area contributed by atoms with Crippen LogP contribution < -0.4 is 11.1 Å². The largest absolute Gasteiger partial charge is 0.481 e. The van der Waals surface area contributed by atoms with E-state index in [4.69, 9.17) is 10.5 Å². The minimum absolute atomic E-state index is 0.150. The summed E-state index contributed by atoms with van der Waals surface area (Å²) in [5.41, 5.74) is 4.61. The van der Waals surface area contributed by atoms with Gasteiger partial charge in [-0.1, -0.05) is 0 Å². The van der Waals surface area contributed by atoms with Gasteiger partial charge in [0.25, 0.3) is 0 Å². The molecule has 0 aromatic carbocycles. The Morgan fingerprint density at radius 2 is 2.06 bits per heavy atom.